The van der Waals surface area contributed by atoms with Gasteiger partial charge in [0.2, 0.25) is 11.6 Å². The quantitative estimate of drug-likeness (QED) is 0.245. The molecule has 164 valence electrons. The molecule has 0 fully saturated rings. The highest BCUT2D eigenvalue weighted by molar-refractivity contribution is 5.89. The molecule has 0 aliphatic rings. The first-order chi connectivity index (χ1) is 16.0. The van der Waals surface area contributed by atoms with E-state index in [2.05, 4.69) is 20.6 Å². The van der Waals surface area contributed by atoms with E-state index in [1.165, 1.54) is 12.1 Å². The lowest BCUT2D eigenvalue weighted by Crippen LogP contribution is -1.95. The van der Waals surface area contributed by atoms with Crippen LogP contribution in [0.15, 0.2) is 70.3 Å². The van der Waals surface area contributed by atoms with Crippen molar-refractivity contribution in [1.82, 2.24) is 14.8 Å². The van der Waals surface area contributed by atoms with Gasteiger partial charge in [0, 0.05) is 35.4 Å². The van der Waals surface area contributed by atoms with E-state index >= 15 is 0 Å². The normalized spacial score (nSPS) is 11.1. The van der Waals surface area contributed by atoms with Gasteiger partial charge in [-0.15, -0.1) is 0 Å². The van der Waals surface area contributed by atoms with Crippen LogP contribution in [0.4, 0.5) is 11.6 Å². The highest BCUT2D eigenvalue weighted by atomic mass is 16.6. The summed E-state index contributed by atoms with van der Waals surface area (Å²) >= 11 is 0. The molecule has 0 aliphatic heterocycles. The van der Waals surface area contributed by atoms with E-state index in [1.54, 1.807) is 29.2 Å². The molecule has 10 nitrogen and oxygen atoms in total. The number of nitrogens with zero attached hydrogens (tertiary/aromatic N) is 6. The van der Waals surface area contributed by atoms with Crippen molar-refractivity contribution in [2.24, 2.45) is 5.10 Å². The van der Waals surface area contributed by atoms with Gasteiger partial charge < -0.3 is 4.42 Å². The third kappa shape index (κ3) is 4.62. The zero-order valence-electron chi connectivity index (χ0n) is 17.8. The van der Waals surface area contributed by atoms with Gasteiger partial charge in [0.25, 0.3) is 11.6 Å². The number of nitro benzene ring substituents is 1. The smallest absolute Gasteiger partial charge is 0.269 e. The lowest BCUT2D eigenvalue weighted by molar-refractivity contribution is -0.384. The Morgan fingerprint density at radius 1 is 1.21 bits per heavy atom. The summed E-state index contributed by atoms with van der Waals surface area (Å²) in [6.45, 7) is 3.83. The average Bonchev–Trinajstić information content (AvgIpc) is 3.44. The van der Waals surface area contributed by atoms with E-state index in [-0.39, 0.29) is 23.2 Å². The molecule has 0 spiro atoms. The third-order valence-electron chi connectivity index (χ3n) is 4.73. The van der Waals surface area contributed by atoms with E-state index in [9.17, 15) is 15.4 Å². The molecule has 0 atom stereocenters. The molecule has 2 heterocycles. The molecule has 1 N–H and O–H groups in total. The number of aromatic nitrogens is 3. The van der Waals surface area contributed by atoms with Gasteiger partial charge in [-0.1, -0.05) is 44.2 Å². The third-order valence-corrected chi connectivity index (χ3v) is 4.73. The molecule has 2 aromatic heterocycles. The maximum Gasteiger partial charge on any atom is 0.269 e. The standard InChI is InChI=1S/C23H19N7O3/c1-15(2)22-26-20(12-24)23(33-22)27-25-13-17-14-29(18-8-10-19(11-9-18)30(31)32)28-21(17)16-6-4-3-5-7-16/h3-11,13-15,27H,1-2H3/b25-13+. The van der Waals surface area contributed by atoms with Crippen LogP contribution in [0.3, 0.4) is 0 Å². The van der Waals surface area contributed by atoms with Crippen LogP contribution in [-0.4, -0.2) is 25.9 Å². The monoisotopic (exact) mass is 441 g/mol. The van der Waals surface area contributed by atoms with Crippen LogP contribution in [0.25, 0.3) is 16.9 Å². The van der Waals surface area contributed by atoms with Crippen LogP contribution >= 0.6 is 0 Å². The summed E-state index contributed by atoms with van der Waals surface area (Å²) in [4.78, 5) is 14.6. The Morgan fingerprint density at radius 2 is 1.94 bits per heavy atom. The number of hydrazone groups is 1. The molecule has 0 aliphatic carbocycles. The predicted octanol–water partition coefficient (Wildman–Crippen LogP) is 4.88. The molecule has 10 heteroatoms. The van der Waals surface area contributed by atoms with Crippen molar-refractivity contribution in [1.29, 1.82) is 5.26 Å². The molecule has 33 heavy (non-hydrogen) atoms. The zero-order valence-corrected chi connectivity index (χ0v) is 17.8. The molecule has 0 unspecified atom stereocenters. The van der Waals surface area contributed by atoms with Crippen molar-refractivity contribution < 1.29 is 9.34 Å². The first-order valence-electron chi connectivity index (χ1n) is 10.1. The predicted molar refractivity (Wildman–Crippen MR) is 122 cm³/mol. The molecule has 0 bridgehead atoms. The number of benzene rings is 2. The summed E-state index contributed by atoms with van der Waals surface area (Å²) in [6, 6.07) is 17.7. The highest BCUT2D eigenvalue weighted by Gasteiger charge is 2.15. The van der Waals surface area contributed by atoms with Gasteiger partial charge in [0.1, 0.15) is 11.8 Å². The number of nitriles is 1. The molecule has 0 amide bonds. The highest BCUT2D eigenvalue weighted by Crippen LogP contribution is 2.25. The lowest BCUT2D eigenvalue weighted by atomic mass is 10.1. The molecular formula is C23H19N7O3. The van der Waals surface area contributed by atoms with Crippen molar-refractivity contribution in [3.63, 3.8) is 0 Å². The Morgan fingerprint density at radius 3 is 2.58 bits per heavy atom. The second-order valence-corrected chi connectivity index (χ2v) is 7.38. The molecule has 2 aromatic carbocycles. The van der Waals surface area contributed by atoms with E-state index < -0.39 is 4.92 Å². The number of rotatable bonds is 7. The van der Waals surface area contributed by atoms with Crippen LogP contribution in [0.1, 0.15) is 36.9 Å². The first-order valence-corrected chi connectivity index (χ1v) is 10.1. The van der Waals surface area contributed by atoms with Crippen molar-refractivity contribution >= 4 is 17.8 Å². The number of anilines is 1. The molecule has 0 saturated heterocycles. The molecule has 0 saturated carbocycles. The van der Waals surface area contributed by atoms with E-state index in [1.807, 2.05) is 50.2 Å². The minimum Gasteiger partial charge on any atom is -0.422 e. The first kappa shape index (κ1) is 21.5. The van der Waals surface area contributed by atoms with E-state index in [0.717, 1.165) is 5.56 Å². The van der Waals surface area contributed by atoms with Gasteiger partial charge in [0.15, 0.2) is 0 Å². The SMILES string of the molecule is CC(C)c1nc(C#N)c(N/N=C/c2cn(-c3ccc([N+](=O)[O-])cc3)nc2-c2ccccc2)o1. The fourth-order valence-electron chi connectivity index (χ4n) is 3.06. The number of non-ortho nitro benzene ring substituents is 1. The summed E-state index contributed by atoms with van der Waals surface area (Å²) in [7, 11) is 0. The number of nitro groups is 1. The van der Waals surface area contributed by atoms with Crippen molar-refractivity contribution in [2.45, 2.75) is 19.8 Å². The zero-order chi connectivity index (χ0) is 23.4. The summed E-state index contributed by atoms with van der Waals surface area (Å²) in [5.41, 5.74) is 5.76. The van der Waals surface area contributed by atoms with Crippen molar-refractivity contribution in [3.8, 4) is 23.0 Å². The van der Waals surface area contributed by atoms with Gasteiger partial charge >= 0.3 is 0 Å². The minimum absolute atomic E-state index is 0.00120. The molecule has 4 rings (SSSR count). The van der Waals surface area contributed by atoms with Crippen LogP contribution in [0.5, 0.6) is 0 Å². The molecule has 4 aromatic rings. The van der Waals surface area contributed by atoms with Gasteiger partial charge in [-0.3, -0.25) is 10.1 Å². The lowest BCUT2D eigenvalue weighted by Gasteiger charge is -2.00. The van der Waals surface area contributed by atoms with E-state index in [4.69, 9.17) is 4.42 Å². The summed E-state index contributed by atoms with van der Waals surface area (Å²) in [5, 5.41) is 29.1. The number of hydrogen-bond acceptors (Lipinski definition) is 8. The largest absolute Gasteiger partial charge is 0.422 e. The molecular weight excluding hydrogens is 422 g/mol. The average molecular weight is 441 g/mol. The summed E-state index contributed by atoms with van der Waals surface area (Å²) in [5.74, 6) is 0.642. The van der Waals surface area contributed by atoms with Gasteiger partial charge in [-0.25, -0.2) is 15.1 Å². The van der Waals surface area contributed by atoms with Crippen LogP contribution in [0.2, 0.25) is 0 Å². The van der Waals surface area contributed by atoms with Crippen molar-refractivity contribution in [2.75, 3.05) is 5.43 Å². The van der Waals surface area contributed by atoms with Crippen molar-refractivity contribution in [3.05, 3.63) is 88.1 Å². The summed E-state index contributed by atoms with van der Waals surface area (Å²) < 4.78 is 7.22. The topological polar surface area (TPSA) is 135 Å². The second kappa shape index (κ2) is 9.15. The minimum atomic E-state index is -0.449. The van der Waals surface area contributed by atoms with E-state index in [0.29, 0.717) is 22.8 Å². The fourth-order valence-corrected chi connectivity index (χ4v) is 3.06. The maximum absolute atomic E-state index is 10.9. The van der Waals surface area contributed by atoms with Crippen LogP contribution in [-0.2, 0) is 0 Å². The number of nitrogens with one attached hydrogen (secondary N) is 1. The Labute approximate surface area is 189 Å². The molecule has 0 radical (unpaired) electrons. The Balaban J connectivity index is 1.67. The Kier molecular flexibility index (Phi) is 5.95. The maximum atomic E-state index is 10.9. The fraction of sp³-hybridized carbons (Fsp3) is 0.130. The van der Waals surface area contributed by atoms with Crippen LogP contribution < -0.4 is 5.43 Å². The summed E-state index contributed by atoms with van der Waals surface area (Å²) in [6.07, 6.45) is 3.33. The van der Waals surface area contributed by atoms with Gasteiger partial charge in [-0.05, 0) is 12.1 Å². The number of hydrogen-bond donors (Lipinski definition) is 1. The Hall–Kier alpha value is -4.78. The van der Waals surface area contributed by atoms with Gasteiger partial charge in [0.05, 0.1) is 16.8 Å². The Bertz CT molecular complexity index is 1350. The van der Waals surface area contributed by atoms with Crippen LogP contribution in [0, 0.1) is 21.4 Å². The second-order valence-electron chi connectivity index (χ2n) is 7.38. The van der Waals surface area contributed by atoms with Gasteiger partial charge in [-0.2, -0.15) is 15.5 Å². The number of oxazole rings is 1.